The number of amides is 1. The van der Waals surface area contributed by atoms with Gasteiger partial charge in [-0.3, -0.25) is 4.79 Å². The fourth-order valence-electron chi connectivity index (χ4n) is 3.48. The van der Waals surface area contributed by atoms with Gasteiger partial charge in [0.05, 0.1) is 23.5 Å². The molecule has 1 saturated heterocycles. The summed E-state index contributed by atoms with van der Waals surface area (Å²) in [6, 6.07) is 1.88. The van der Waals surface area contributed by atoms with E-state index in [0.29, 0.717) is 12.6 Å². The van der Waals surface area contributed by atoms with Crippen molar-refractivity contribution < 1.29 is 14.1 Å². The number of nitrogens with zero attached hydrogens (tertiary/aromatic N) is 5. The monoisotopic (exact) mass is 384 g/mol. The number of pyridine rings is 1. The average molecular weight is 384 g/mol. The molecule has 0 spiro atoms. The lowest BCUT2D eigenvalue weighted by molar-refractivity contribution is 0.0743. The Bertz CT molecular complexity index is 946. The van der Waals surface area contributed by atoms with Crippen molar-refractivity contribution in [3.63, 3.8) is 0 Å². The van der Waals surface area contributed by atoms with Gasteiger partial charge in [-0.2, -0.15) is 5.10 Å². The molecule has 3 aromatic heterocycles. The van der Waals surface area contributed by atoms with Crippen LogP contribution in [0.1, 0.15) is 35.9 Å². The second-order valence-electron chi connectivity index (χ2n) is 6.92. The van der Waals surface area contributed by atoms with Gasteiger partial charge in [0.1, 0.15) is 0 Å². The largest absolute Gasteiger partial charge is 0.381 e. The van der Waals surface area contributed by atoms with Gasteiger partial charge in [-0.25, -0.2) is 9.67 Å². The number of ether oxygens (including phenoxy) is 1. The Labute approximate surface area is 162 Å². The lowest BCUT2D eigenvalue weighted by Gasteiger charge is -2.26. The van der Waals surface area contributed by atoms with Gasteiger partial charge in [0.15, 0.2) is 5.65 Å². The molecule has 1 aliphatic rings. The van der Waals surface area contributed by atoms with Gasteiger partial charge in [0, 0.05) is 57.2 Å². The molecule has 9 nitrogen and oxygen atoms in total. The van der Waals surface area contributed by atoms with Crippen molar-refractivity contribution in [2.24, 2.45) is 0 Å². The first-order chi connectivity index (χ1) is 13.7. The SMILES string of the molecule is CCn1ncc2c(NC3CCOCC3)c(CN(C)C(=O)c3ccno3)cnc21. The summed E-state index contributed by atoms with van der Waals surface area (Å²) in [4.78, 5) is 18.7. The van der Waals surface area contributed by atoms with Gasteiger partial charge in [-0.15, -0.1) is 0 Å². The second kappa shape index (κ2) is 7.97. The zero-order chi connectivity index (χ0) is 19.5. The highest BCUT2D eigenvalue weighted by Crippen LogP contribution is 2.29. The van der Waals surface area contributed by atoms with Crippen molar-refractivity contribution in [1.82, 2.24) is 24.8 Å². The number of fused-ring (bicyclic) bond motifs is 1. The third kappa shape index (κ3) is 3.57. The molecule has 148 valence electrons. The van der Waals surface area contributed by atoms with Crippen LogP contribution in [0.15, 0.2) is 29.2 Å². The van der Waals surface area contributed by atoms with Crippen LogP contribution in [0.4, 0.5) is 5.69 Å². The Hall–Kier alpha value is -2.94. The van der Waals surface area contributed by atoms with Crippen molar-refractivity contribution in [3.8, 4) is 0 Å². The smallest absolute Gasteiger partial charge is 0.292 e. The highest BCUT2D eigenvalue weighted by Gasteiger charge is 2.22. The van der Waals surface area contributed by atoms with Crippen LogP contribution in [0.2, 0.25) is 0 Å². The summed E-state index contributed by atoms with van der Waals surface area (Å²) < 4.78 is 12.3. The predicted molar refractivity (Wildman–Crippen MR) is 103 cm³/mol. The van der Waals surface area contributed by atoms with E-state index in [9.17, 15) is 4.79 Å². The third-order valence-electron chi connectivity index (χ3n) is 5.02. The molecule has 4 heterocycles. The van der Waals surface area contributed by atoms with Crippen LogP contribution in [-0.2, 0) is 17.8 Å². The standard InChI is InChI=1S/C19H24N6O3/c1-3-25-18-15(11-21-25)17(23-14-5-8-27-9-6-14)13(10-20-18)12-24(2)19(26)16-4-7-22-28-16/h4,7,10-11,14H,3,5-6,8-9,12H2,1-2H3,(H,20,23). The van der Waals surface area contributed by atoms with E-state index >= 15 is 0 Å². The quantitative estimate of drug-likeness (QED) is 0.696. The lowest BCUT2D eigenvalue weighted by atomic mass is 10.1. The van der Waals surface area contributed by atoms with Crippen LogP contribution in [-0.4, -0.2) is 57.0 Å². The Balaban J connectivity index is 1.66. The molecule has 3 aromatic rings. The van der Waals surface area contributed by atoms with Gasteiger partial charge in [0.25, 0.3) is 5.91 Å². The molecule has 1 N–H and O–H groups in total. The molecular formula is C19H24N6O3. The van der Waals surface area contributed by atoms with Crippen molar-refractivity contribution in [2.45, 2.75) is 38.9 Å². The van der Waals surface area contributed by atoms with Crippen LogP contribution >= 0.6 is 0 Å². The fourth-order valence-corrected chi connectivity index (χ4v) is 3.48. The van der Waals surface area contributed by atoms with Crippen LogP contribution < -0.4 is 5.32 Å². The maximum atomic E-state index is 12.5. The second-order valence-corrected chi connectivity index (χ2v) is 6.92. The summed E-state index contributed by atoms with van der Waals surface area (Å²) in [6.07, 6.45) is 7.01. The minimum Gasteiger partial charge on any atom is -0.381 e. The van der Waals surface area contributed by atoms with Crippen LogP contribution in [0, 0.1) is 0 Å². The minimum atomic E-state index is -0.223. The van der Waals surface area contributed by atoms with E-state index < -0.39 is 0 Å². The number of aryl methyl sites for hydroxylation is 1. The first-order valence-electron chi connectivity index (χ1n) is 9.51. The molecule has 0 radical (unpaired) electrons. The maximum Gasteiger partial charge on any atom is 0.292 e. The highest BCUT2D eigenvalue weighted by atomic mass is 16.5. The Kier molecular flexibility index (Phi) is 5.25. The maximum absolute atomic E-state index is 12.5. The van der Waals surface area contributed by atoms with Crippen molar-refractivity contribution in [3.05, 3.63) is 36.0 Å². The van der Waals surface area contributed by atoms with E-state index in [1.807, 2.05) is 24.0 Å². The summed E-state index contributed by atoms with van der Waals surface area (Å²) in [7, 11) is 1.74. The van der Waals surface area contributed by atoms with E-state index in [0.717, 1.165) is 54.9 Å². The van der Waals surface area contributed by atoms with Gasteiger partial charge in [0.2, 0.25) is 5.76 Å². The summed E-state index contributed by atoms with van der Waals surface area (Å²) in [6.45, 7) is 4.68. The van der Waals surface area contributed by atoms with E-state index in [2.05, 4.69) is 20.6 Å². The Morgan fingerprint density at radius 1 is 1.36 bits per heavy atom. The normalized spacial score (nSPS) is 15.1. The number of rotatable bonds is 6. The number of aromatic nitrogens is 4. The molecule has 9 heteroatoms. The van der Waals surface area contributed by atoms with Crippen molar-refractivity contribution in [1.29, 1.82) is 0 Å². The molecule has 1 fully saturated rings. The number of nitrogens with one attached hydrogen (secondary N) is 1. The van der Waals surface area contributed by atoms with Crippen LogP contribution in [0.3, 0.4) is 0 Å². The molecule has 1 aliphatic heterocycles. The van der Waals surface area contributed by atoms with E-state index in [1.165, 1.54) is 6.20 Å². The average Bonchev–Trinajstić information content (AvgIpc) is 3.39. The highest BCUT2D eigenvalue weighted by molar-refractivity contribution is 5.93. The minimum absolute atomic E-state index is 0.217. The molecule has 0 atom stereocenters. The van der Waals surface area contributed by atoms with Crippen molar-refractivity contribution in [2.75, 3.05) is 25.6 Å². The number of carbonyl (C=O) groups is 1. The van der Waals surface area contributed by atoms with Crippen LogP contribution in [0.25, 0.3) is 11.0 Å². The summed E-state index contributed by atoms with van der Waals surface area (Å²) in [5, 5.41) is 12.7. The zero-order valence-electron chi connectivity index (χ0n) is 16.1. The molecule has 0 aliphatic carbocycles. The number of carbonyl (C=O) groups excluding carboxylic acids is 1. The van der Waals surface area contributed by atoms with Gasteiger partial charge < -0.3 is 19.5 Å². The molecule has 0 aromatic carbocycles. The third-order valence-corrected chi connectivity index (χ3v) is 5.02. The summed E-state index contributed by atoms with van der Waals surface area (Å²) >= 11 is 0. The number of hydrogen-bond acceptors (Lipinski definition) is 7. The van der Waals surface area contributed by atoms with Crippen molar-refractivity contribution >= 4 is 22.6 Å². The Morgan fingerprint density at radius 2 is 2.18 bits per heavy atom. The first-order valence-corrected chi connectivity index (χ1v) is 9.51. The van der Waals surface area contributed by atoms with E-state index in [1.54, 1.807) is 18.0 Å². The molecule has 28 heavy (non-hydrogen) atoms. The fraction of sp³-hybridized carbons (Fsp3) is 0.474. The van der Waals surface area contributed by atoms with Gasteiger partial charge in [-0.1, -0.05) is 5.16 Å². The molecule has 0 bridgehead atoms. The zero-order valence-corrected chi connectivity index (χ0v) is 16.1. The summed E-state index contributed by atoms with van der Waals surface area (Å²) in [5.41, 5.74) is 2.75. The molecule has 0 unspecified atom stereocenters. The number of hydrogen-bond donors (Lipinski definition) is 1. The van der Waals surface area contributed by atoms with E-state index in [4.69, 9.17) is 9.26 Å². The Morgan fingerprint density at radius 3 is 2.89 bits per heavy atom. The molecule has 0 saturated carbocycles. The number of anilines is 1. The molecule has 4 rings (SSSR count). The molecule has 1 amide bonds. The van der Waals surface area contributed by atoms with Gasteiger partial charge >= 0.3 is 0 Å². The predicted octanol–water partition coefficient (Wildman–Crippen LogP) is 2.30. The van der Waals surface area contributed by atoms with Gasteiger partial charge in [-0.05, 0) is 19.8 Å². The summed E-state index contributed by atoms with van der Waals surface area (Å²) in [5.74, 6) is -0.00635. The van der Waals surface area contributed by atoms with E-state index in [-0.39, 0.29) is 11.7 Å². The topological polar surface area (TPSA) is 98.3 Å². The molecular weight excluding hydrogens is 360 g/mol. The lowest BCUT2D eigenvalue weighted by Crippen LogP contribution is -2.30. The van der Waals surface area contributed by atoms with Crippen LogP contribution in [0.5, 0.6) is 0 Å². The first kappa shape index (κ1) is 18.4.